The predicted octanol–water partition coefficient (Wildman–Crippen LogP) is 3.50. The third-order valence-corrected chi connectivity index (χ3v) is 3.71. The normalized spacial score (nSPS) is 20.9. The van der Waals surface area contributed by atoms with Gasteiger partial charge in [0.05, 0.1) is 0 Å². The summed E-state index contributed by atoms with van der Waals surface area (Å²) < 4.78 is 0. The van der Waals surface area contributed by atoms with Crippen LogP contribution >= 0.6 is 11.8 Å². The largest absolute Gasteiger partial charge is 0.122 e. The molecule has 0 amide bonds. The smallest absolute Gasteiger partial charge is 0.0135 e. The van der Waals surface area contributed by atoms with Crippen LogP contribution in [0.25, 0.3) is 0 Å². The van der Waals surface area contributed by atoms with Crippen LogP contribution in [0.1, 0.15) is 25.3 Å². The van der Waals surface area contributed by atoms with Crippen molar-refractivity contribution >= 4 is 11.8 Å². The standard InChI is InChI=1S/C11H14S/c1-2-5-10-8-9-6-3-4-7-11(9)12-10/h3-4,6-7,10H,2,5,8H2,1H3. The Morgan fingerprint density at radius 3 is 3.00 bits per heavy atom. The summed E-state index contributed by atoms with van der Waals surface area (Å²) in [5, 5.41) is 0.854. The van der Waals surface area contributed by atoms with E-state index in [2.05, 4.69) is 43.0 Å². The molecule has 12 heavy (non-hydrogen) atoms. The van der Waals surface area contributed by atoms with Gasteiger partial charge < -0.3 is 0 Å². The first-order valence-electron chi connectivity index (χ1n) is 4.64. The number of rotatable bonds is 2. The molecule has 0 aromatic heterocycles. The Labute approximate surface area is 78.4 Å². The summed E-state index contributed by atoms with van der Waals surface area (Å²) >= 11 is 2.06. The molecule has 1 aromatic rings. The molecule has 64 valence electrons. The highest BCUT2D eigenvalue weighted by atomic mass is 32.2. The number of fused-ring (bicyclic) bond motifs is 1. The second-order valence-corrected chi connectivity index (χ2v) is 4.68. The molecule has 1 unspecified atom stereocenters. The summed E-state index contributed by atoms with van der Waals surface area (Å²) in [6, 6.07) is 8.79. The van der Waals surface area contributed by atoms with Crippen LogP contribution in [0.2, 0.25) is 0 Å². The summed E-state index contributed by atoms with van der Waals surface area (Å²) in [6.07, 6.45) is 3.96. The summed E-state index contributed by atoms with van der Waals surface area (Å²) in [6.45, 7) is 2.27. The fourth-order valence-electron chi connectivity index (χ4n) is 1.74. The van der Waals surface area contributed by atoms with E-state index in [1.54, 1.807) is 5.56 Å². The fraction of sp³-hybridized carbons (Fsp3) is 0.455. The Morgan fingerprint density at radius 2 is 2.25 bits per heavy atom. The van der Waals surface area contributed by atoms with Gasteiger partial charge in [-0.1, -0.05) is 31.5 Å². The number of hydrogen-bond acceptors (Lipinski definition) is 1. The molecule has 0 radical (unpaired) electrons. The van der Waals surface area contributed by atoms with E-state index in [1.165, 1.54) is 24.2 Å². The maximum absolute atomic E-state index is 2.27. The topological polar surface area (TPSA) is 0 Å². The molecule has 0 saturated carbocycles. The molecule has 0 saturated heterocycles. The lowest BCUT2D eigenvalue weighted by atomic mass is 10.1. The van der Waals surface area contributed by atoms with E-state index in [-0.39, 0.29) is 0 Å². The molecule has 0 nitrogen and oxygen atoms in total. The molecule has 0 aliphatic carbocycles. The van der Waals surface area contributed by atoms with Crippen LogP contribution < -0.4 is 0 Å². The Hall–Kier alpha value is -0.430. The van der Waals surface area contributed by atoms with Gasteiger partial charge in [-0.15, -0.1) is 11.8 Å². The van der Waals surface area contributed by atoms with Crippen LogP contribution in [-0.4, -0.2) is 5.25 Å². The van der Waals surface area contributed by atoms with Crippen molar-refractivity contribution in [1.29, 1.82) is 0 Å². The molecule has 1 heterocycles. The molecule has 1 aliphatic rings. The Morgan fingerprint density at radius 1 is 1.42 bits per heavy atom. The maximum atomic E-state index is 2.27. The molecule has 0 N–H and O–H groups in total. The van der Waals surface area contributed by atoms with E-state index in [0.29, 0.717) is 0 Å². The lowest BCUT2D eigenvalue weighted by molar-refractivity contribution is 0.744. The number of benzene rings is 1. The fourth-order valence-corrected chi connectivity index (χ4v) is 3.17. The maximum Gasteiger partial charge on any atom is 0.0135 e. The van der Waals surface area contributed by atoms with Crippen molar-refractivity contribution in [3.8, 4) is 0 Å². The van der Waals surface area contributed by atoms with E-state index in [4.69, 9.17) is 0 Å². The van der Waals surface area contributed by atoms with Gasteiger partial charge in [-0.25, -0.2) is 0 Å². The quantitative estimate of drug-likeness (QED) is 0.668. The Kier molecular flexibility index (Phi) is 2.40. The highest BCUT2D eigenvalue weighted by Crippen LogP contribution is 2.38. The summed E-state index contributed by atoms with van der Waals surface area (Å²) in [5.74, 6) is 0. The van der Waals surface area contributed by atoms with Gasteiger partial charge in [0.15, 0.2) is 0 Å². The minimum absolute atomic E-state index is 0.854. The third-order valence-electron chi connectivity index (χ3n) is 2.32. The van der Waals surface area contributed by atoms with Gasteiger partial charge in [-0.3, -0.25) is 0 Å². The van der Waals surface area contributed by atoms with Crippen molar-refractivity contribution in [2.75, 3.05) is 0 Å². The van der Waals surface area contributed by atoms with Crippen LogP contribution in [0.15, 0.2) is 29.2 Å². The lowest BCUT2D eigenvalue weighted by Crippen LogP contribution is -1.98. The summed E-state index contributed by atoms with van der Waals surface area (Å²) in [7, 11) is 0. The van der Waals surface area contributed by atoms with E-state index in [0.717, 1.165) is 5.25 Å². The minimum atomic E-state index is 0.854. The lowest BCUT2D eigenvalue weighted by Gasteiger charge is -2.03. The number of thioether (sulfide) groups is 1. The van der Waals surface area contributed by atoms with Crippen LogP contribution in [0.3, 0.4) is 0 Å². The van der Waals surface area contributed by atoms with Crippen molar-refractivity contribution in [2.45, 2.75) is 36.3 Å². The molecular weight excluding hydrogens is 164 g/mol. The van der Waals surface area contributed by atoms with E-state index in [9.17, 15) is 0 Å². The minimum Gasteiger partial charge on any atom is -0.122 e. The second-order valence-electron chi connectivity index (χ2n) is 3.34. The Bertz CT molecular complexity index is 242. The average Bonchev–Trinajstić information content (AvgIpc) is 2.47. The second kappa shape index (κ2) is 3.53. The Balaban J connectivity index is 2.11. The van der Waals surface area contributed by atoms with Gasteiger partial charge in [0.25, 0.3) is 0 Å². The van der Waals surface area contributed by atoms with Crippen molar-refractivity contribution in [1.82, 2.24) is 0 Å². The molecule has 1 heteroatoms. The first kappa shape index (κ1) is 8.18. The van der Waals surface area contributed by atoms with Crippen molar-refractivity contribution < 1.29 is 0 Å². The molecule has 1 aromatic carbocycles. The van der Waals surface area contributed by atoms with Gasteiger partial charge >= 0.3 is 0 Å². The molecule has 1 atom stereocenters. The van der Waals surface area contributed by atoms with Crippen LogP contribution in [0.4, 0.5) is 0 Å². The molecule has 0 spiro atoms. The first-order chi connectivity index (χ1) is 5.90. The van der Waals surface area contributed by atoms with Crippen LogP contribution in [0, 0.1) is 0 Å². The van der Waals surface area contributed by atoms with Crippen molar-refractivity contribution in [3.05, 3.63) is 29.8 Å². The van der Waals surface area contributed by atoms with E-state index in [1.807, 2.05) is 0 Å². The monoisotopic (exact) mass is 178 g/mol. The van der Waals surface area contributed by atoms with Gasteiger partial charge in [-0.2, -0.15) is 0 Å². The van der Waals surface area contributed by atoms with Gasteiger partial charge in [-0.05, 0) is 24.5 Å². The summed E-state index contributed by atoms with van der Waals surface area (Å²) in [4.78, 5) is 1.51. The molecular formula is C11H14S. The highest BCUT2D eigenvalue weighted by molar-refractivity contribution is 8.00. The average molecular weight is 178 g/mol. The van der Waals surface area contributed by atoms with Gasteiger partial charge in [0.1, 0.15) is 0 Å². The van der Waals surface area contributed by atoms with Crippen molar-refractivity contribution in [2.24, 2.45) is 0 Å². The molecule has 0 fully saturated rings. The van der Waals surface area contributed by atoms with Gasteiger partial charge in [0.2, 0.25) is 0 Å². The molecule has 1 aliphatic heterocycles. The van der Waals surface area contributed by atoms with E-state index < -0.39 is 0 Å². The number of hydrogen-bond donors (Lipinski definition) is 0. The summed E-state index contributed by atoms with van der Waals surface area (Å²) in [5.41, 5.74) is 1.56. The van der Waals surface area contributed by atoms with Crippen LogP contribution in [0.5, 0.6) is 0 Å². The van der Waals surface area contributed by atoms with Crippen molar-refractivity contribution in [3.63, 3.8) is 0 Å². The van der Waals surface area contributed by atoms with Crippen LogP contribution in [-0.2, 0) is 6.42 Å². The SMILES string of the molecule is CCCC1Cc2ccccc2S1. The first-order valence-corrected chi connectivity index (χ1v) is 5.52. The highest BCUT2D eigenvalue weighted by Gasteiger charge is 2.20. The third kappa shape index (κ3) is 1.51. The molecule has 2 rings (SSSR count). The zero-order valence-electron chi connectivity index (χ0n) is 7.42. The zero-order valence-corrected chi connectivity index (χ0v) is 8.23. The zero-order chi connectivity index (χ0) is 8.39. The van der Waals surface area contributed by atoms with Gasteiger partial charge in [0, 0.05) is 10.1 Å². The van der Waals surface area contributed by atoms with E-state index >= 15 is 0 Å². The predicted molar refractivity (Wildman–Crippen MR) is 54.7 cm³/mol. The molecule has 0 bridgehead atoms.